The number of hydrogen-bond acceptors (Lipinski definition) is 4. The fraction of sp³-hybridized carbons (Fsp3) is 0.818. The minimum atomic E-state index is -1.02. The molecule has 0 radical (unpaired) electrons. The summed E-state index contributed by atoms with van der Waals surface area (Å²) < 4.78 is 4.81. The van der Waals surface area contributed by atoms with E-state index in [0.29, 0.717) is 13.0 Å². The normalized spacial score (nSPS) is 21.1. The number of ether oxygens (including phenoxy) is 1. The van der Waals surface area contributed by atoms with Gasteiger partial charge in [-0.25, -0.2) is 4.79 Å². The highest BCUT2D eigenvalue weighted by Crippen LogP contribution is 2.08. The molecule has 1 fully saturated rings. The van der Waals surface area contributed by atoms with Gasteiger partial charge in [0.25, 0.3) is 0 Å². The molecule has 0 aliphatic carbocycles. The zero-order valence-electron chi connectivity index (χ0n) is 10.1. The lowest BCUT2D eigenvalue weighted by molar-refractivity contribution is -0.142. The van der Waals surface area contributed by atoms with Crippen LogP contribution in [0.2, 0.25) is 0 Å². The molecule has 0 bridgehead atoms. The highest BCUT2D eigenvalue weighted by molar-refractivity contribution is 5.83. The van der Waals surface area contributed by atoms with Crippen LogP contribution in [-0.4, -0.2) is 49.3 Å². The van der Waals surface area contributed by atoms with Gasteiger partial charge >= 0.3 is 5.97 Å². The first-order chi connectivity index (χ1) is 8.13. The maximum Gasteiger partial charge on any atom is 0.326 e. The lowest BCUT2D eigenvalue weighted by atomic mass is 10.1. The highest BCUT2D eigenvalue weighted by atomic mass is 16.5. The third kappa shape index (κ3) is 5.14. The van der Waals surface area contributed by atoms with Gasteiger partial charge in [0.05, 0.1) is 0 Å². The van der Waals surface area contributed by atoms with Crippen LogP contribution in [0, 0.1) is 0 Å². The van der Waals surface area contributed by atoms with Gasteiger partial charge in [0.1, 0.15) is 6.04 Å². The van der Waals surface area contributed by atoms with E-state index in [-0.39, 0.29) is 18.4 Å². The van der Waals surface area contributed by atoms with Crippen LogP contribution in [0.5, 0.6) is 0 Å². The van der Waals surface area contributed by atoms with Crippen molar-refractivity contribution in [1.29, 1.82) is 0 Å². The van der Waals surface area contributed by atoms with E-state index < -0.39 is 12.0 Å². The monoisotopic (exact) mass is 244 g/mol. The first-order valence-electron chi connectivity index (χ1n) is 5.88. The summed E-state index contributed by atoms with van der Waals surface area (Å²) in [6, 6.07) is -0.671. The number of hydrogen-bond donors (Lipinski definition) is 3. The van der Waals surface area contributed by atoms with E-state index >= 15 is 0 Å². The number of carbonyl (C=O) groups excluding carboxylic acids is 1. The zero-order valence-corrected chi connectivity index (χ0v) is 10.1. The second-order valence-corrected chi connectivity index (χ2v) is 4.24. The molecule has 1 amide bonds. The molecule has 1 saturated heterocycles. The Kier molecular flexibility index (Phi) is 5.93. The molecule has 2 unspecified atom stereocenters. The van der Waals surface area contributed by atoms with Crippen LogP contribution < -0.4 is 10.6 Å². The molecule has 1 rings (SSSR count). The molecule has 6 nitrogen and oxygen atoms in total. The maximum absolute atomic E-state index is 11.6. The maximum atomic E-state index is 11.6. The zero-order chi connectivity index (χ0) is 12.7. The molecule has 17 heavy (non-hydrogen) atoms. The number of methoxy groups -OCH3 is 1. The summed E-state index contributed by atoms with van der Waals surface area (Å²) in [5.41, 5.74) is 0. The van der Waals surface area contributed by atoms with Crippen LogP contribution in [0.1, 0.15) is 25.7 Å². The number of amides is 1. The van der Waals surface area contributed by atoms with Gasteiger partial charge < -0.3 is 20.5 Å². The number of rotatable bonds is 7. The Morgan fingerprint density at radius 1 is 1.59 bits per heavy atom. The Labute approximate surface area is 101 Å². The van der Waals surface area contributed by atoms with E-state index in [1.54, 1.807) is 0 Å². The van der Waals surface area contributed by atoms with E-state index in [2.05, 4.69) is 10.6 Å². The van der Waals surface area contributed by atoms with Gasteiger partial charge in [0.15, 0.2) is 0 Å². The molecule has 0 spiro atoms. The number of nitrogens with one attached hydrogen (secondary N) is 2. The summed E-state index contributed by atoms with van der Waals surface area (Å²) in [7, 11) is 1.50. The van der Waals surface area contributed by atoms with Crippen LogP contribution in [0.4, 0.5) is 0 Å². The van der Waals surface area contributed by atoms with Crippen LogP contribution in [-0.2, 0) is 14.3 Å². The molecule has 2 atom stereocenters. The van der Waals surface area contributed by atoms with Crippen LogP contribution in [0.3, 0.4) is 0 Å². The Morgan fingerprint density at radius 2 is 2.35 bits per heavy atom. The van der Waals surface area contributed by atoms with Gasteiger partial charge in [0.2, 0.25) is 5.91 Å². The average Bonchev–Trinajstić information content (AvgIpc) is 2.76. The molecule has 1 aliphatic heterocycles. The van der Waals surface area contributed by atoms with Crippen LogP contribution >= 0.6 is 0 Å². The summed E-state index contributed by atoms with van der Waals surface area (Å²) in [5.74, 6) is -1.23. The average molecular weight is 244 g/mol. The predicted molar refractivity (Wildman–Crippen MR) is 61.7 cm³/mol. The van der Waals surface area contributed by atoms with Gasteiger partial charge in [0, 0.05) is 32.6 Å². The number of carboxylic acids is 1. The van der Waals surface area contributed by atoms with Gasteiger partial charge in [-0.05, 0) is 19.4 Å². The second kappa shape index (κ2) is 7.24. The molecule has 1 aliphatic rings. The van der Waals surface area contributed by atoms with E-state index in [4.69, 9.17) is 9.84 Å². The predicted octanol–water partition coefficient (Wildman–Crippen LogP) is -0.266. The summed E-state index contributed by atoms with van der Waals surface area (Å²) in [6.07, 6.45) is 2.68. The van der Waals surface area contributed by atoms with Crippen molar-refractivity contribution in [1.82, 2.24) is 10.6 Å². The third-order valence-electron chi connectivity index (χ3n) is 2.84. The van der Waals surface area contributed by atoms with E-state index in [1.165, 1.54) is 7.11 Å². The first kappa shape index (κ1) is 13.9. The minimum absolute atomic E-state index is 0.187. The summed E-state index contributed by atoms with van der Waals surface area (Å²) in [6.45, 7) is 1.25. The van der Waals surface area contributed by atoms with E-state index in [1.807, 2.05) is 0 Å². The van der Waals surface area contributed by atoms with Gasteiger partial charge in [-0.2, -0.15) is 0 Å². The topological polar surface area (TPSA) is 87.7 Å². The minimum Gasteiger partial charge on any atom is -0.480 e. The molecule has 0 aromatic rings. The van der Waals surface area contributed by atoms with Crippen molar-refractivity contribution in [3.8, 4) is 0 Å². The molecule has 1 heterocycles. The Bertz CT molecular complexity index is 264. The molecular weight excluding hydrogens is 224 g/mol. The molecule has 0 aromatic heterocycles. The molecule has 98 valence electrons. The quantitative estimate of drug-likeness (QED) is 0.574. The summed E-state index contributed by atoms with van der Waals surface area (Å²) in [4.78, 5) is 22.5. The van der Waals surface area contributed by atoms with E-state index in [9.17, 15) is 9.59 Å². The molecule has 3 N–H and O–H groups in total. The van der Waals surface area contributed by atoms with Crippen molar-refractivity contribution in [3.05, 3.63) is 0 Å². The molecule has 0 saturated carbocycles. The van der Waals surface area contributed by atoms with Crippen molar-refractivity contribution in [2.75, 3.05) is 20.3 Å². The molecular formula is C11H20N2O4. The van der Waals surface area contributed by atoms with Gasteiger partial charge in [-0.1, -0.05) is 0 Å². The fourth-order valence-corrected chi connectivity index (χ4v) is 1.90. The lowest BCUT2D eigenvalue weighted by Crippen LogP contribution is -2.43. The third-order valence-corrected chi connectivity index (χ3v) is 2.84. The smallest absolute Gasteiger partial charge is 0.326 e. The number of carboxylic acid groups (broad SMARTS) is 1. The van der Waals surface area contributed by atoms with Crippen LogP contribution in [0.15, 0.2) is 0 Å². The van der Waals surface area contributed by atoms with Gasteiger partial charge in [-0.3, -0.25) is 4.79 Å². The second-order valence-electron chi connectivity index (χ2n) is 4.24. The highest BCUT2D eigenvalue weighted by Gasteiger charge is 2.22. The number of aliphatic carboxylic acids is 1. The SMILES string of the molecule is COCCC(NC(=O)CC1CCCN1)C(=O)O. The Balaban J connectivity index is 2.32. The van der Waals surface area contributed by atoms with Crippen molar-refractivity contribution in [2.24, 2.45) is 0 Å². The fourth-order valence-electron chi connectivity index (χ4n) is 1.90. The van der Waals surface area contributed by atoms with Crippen LogP contribution in [0.25, 0.3) is 0 Å². The van der Waals surface area contributed by atoms with Crippen molar-refractivity contribution in [3.63, 3.8) is 0 Å². The number of carbonyl (C=O) groups is 2. The molecule has 0 aromatic carbocycles. The van der Waals surface area contributed by atoms with Crippen molar-refractivity contribution in [2.45, 2.75) is 37.8 Å². The van der Waals surface area contributed by atoms with E-state index in [0.717, 1.165) is 19.4 Å². The van der Waals surface area contributed by atoms with Gasteiger partial charge in [-0.15, -0.1) is 0 Å². The first-order valence-corrected chi connectivity index (χ1v) is 5.88. The lowest BCUT2D eigenvalue weighted by Gasteiger charge is -2.16. The van der Waals surface area contributed by atoms with Crippen molar-refractivity contribution < 1.29 is 19.4 Å². The summed E-state index contributed by atoms with van der Waals surface area (Å²) >= 11 is 0. The largest absolute Gasteiger partial charge is 0.480 e. The molecule has 6 heteroatoms. The standard InChI is InChI=1S/C11H20N2O4/c1-17-6-4-9(11(15)16)13-10(14)7-8-3-2-5-12-8/h8-9,12H,2-7H2,1H3,(H,13,14)(H,15,16). The Hall–Kier alpha value is -1.14. The van der Waals surface area contributed by atoms with Crippen molar-refractivity contribution >= 4 is 11.9 Å². The Morgan fingerprint density at radius 3 is 2.88 bits per heavy atom. The summed E-state index contributed by atoms with van der Waals surface area (Å²) in [5, 5.41) is 14.6.